The highest BCUT2D eigenvalue weighted by molar-refractivity contribution is 5.92. The van der Waals surface area contributed by atoms with Crippen LogP contribution in [-0.2, 0) is 4.79 Å². The third-order valence-corrected chi connectivity index (χ3v) is 4.07. The molecule has 110 valence electrons. The summed E-state index contributed by atoms with van der Waals surface area (Å²) in [6.07, 6.45) is 3.04. The standard InChI is InChI=1S/C16H25N3O/c1-12-5-8-19(9-6-12)10-7-16(20)18-15-11-14(17)4-3-13(15)2/h3-4,11-12H,5-10,17H2,1-2H3,(H,18,20). The number of hydrogen-bond donors (Lipinski definition) is 2. The average Bonchev–Trinajstić information content (AvgIpc) is 2.42. The number of nitrogens with two attached hydrogens (primary N) is 1. The monoisotopic (exact) mass is 275 g/mol. The van der Waals surface area contributed by atoms with Crippen LogP contribution in [0.1, 0.15) is 31.7 Å². The van der Waals surface area contributed by atoms with Crippen molar-refractivity contribution in [2.24, 2.45) is 5.92 Å². The van der Waals surface area contributed by atoms with Crippen molar-refractivity contribution in [2.45, 2.75) is 33.1 Å². The molecule has 1 amide bonds. The molecule has 20 heavy (non-hydrogen) atoms. The van der Waals surface area contributed by atoms with E-state index in [2.05, 4.69) is 17.1 Å². The summed E-state index contributed by atoms with van der Waals surface area (Å²) < 4.78 is 0. The van der Waals surface area contributed by atoms with Crippen LogP contribution in [0.2, 0.25) is 0 Å². The van der Waals surface area contributed by atoms with Crippen LogP contribution in [0.15, 0.2) is 18.2 Å². The van der Waals surface area contributed by atoms with Gasteiger partial charge in [-0.15, -0.1) is 0 Å². The molecule has 1 heterocycles. The minimum atomic E-state index is 0.0670. The number of benzene rings is 1. The Morgan fingerprint density at radius 1 is 1.40 bits per heavy atom. The minimum Gasteiger partial charge on any atom is -0.399 e. The van der Waals surface area contributed by atoms with Crippen LogP contribution in [0.5, 0.6) is 0 Å². The van der Waals surface area contributed by atoms with E-state index in [4.69, 9.17) is 5.73 Å². The quantitative estimate of drug-likeness (QED) is 0.831. The minimum absolute atomic E-state index is 0.0670. The summed E-state index contributed by atoms with van der Waals surface area (Å²) in [7, 11) is 0. The molecule has 4 heteroatoms. The van der Waals surface area contributed by atoms with E-state index in [-0.39, 0.29) is 5.91 Å². The van der Waals surface area contributed by atoms with Gasteiger partial charge in [0.15, 0.2) is 0 Å². The lowest BCUT2D eigenvalue weighted by molar-refractivity contribution is -0.116. The van der Waals surface area contributed by atoms with Crippen LogP contribution in [0.25, 0.3) is 0 Å². The Hall–Kier alpha value is -1.55. The van der Waals surface area contributed by atoms with E-state index in [1.54, 1.807) is 0 Å². The molecular weight excluding hydrogens is 250 g/mol. The molecular formula is C16H25N3O. The summed E-state index contributed by atoms with van der Waals surface area (Å²) in [5.74, 6) is 0.896. The van der Waals surface area contributed by atoms with E-state index in [0.29, 0.717) is 12.1 Å². The van der Waals surface area contributed by atoms with E-state index >= 15 is 0 Å². The number of piperidine rings is 1. The van der Waals surface area contributed by atoms with Crippen molar-refractivity contribution in [1.29, 1.82) is 0 Å². The van der Waals surface area contributed by atoms with Gasteiger partial charge in [-0.05, 0) is 56.5 Å². The van der Waals surface area contributed by atoms with E-state index in [0.717, 1.165) is 36.8 Å². The smallest absolute Gasteiger partial charge is 0.225 e. The molecule has 0 unspecified atom stereocenters. The summed E-state index contributed by atoms with van der Waals surface area (Å²) in [4.78, 5) is 14.4. The summed E-state index contributed by atoms with van der Waals surface area (Å²) in [5.41, 5.74) is 8.29. The number of rotatable bonds is 4. The van der Waals surface area contributed by atoms with E-state index in [9.17, 15) is 4.79 Å². The molecule has 0 saturated carbocycles. The molecule has 0 aliphatic carbocycles. The van der Waals surface area contributed by atoms with Crippen molar-refractivity contribution < 1.29 is 4.79 Å². The Kier molecular flexibility index (Phi) is 5.01. The number of nitrogen functional groups attached to an aromatic ring is 1. The first-order chi connectivity index (χ1) is 9.54. The van der Waals surface area contributed by atoms with Crippen LogP contribution in [0.4, 0.5) is 11.4 Å². The van der Waals surface area contributed by atoms with Crippen molar-refractivity contribution in [2.75, 3.05) is 30.7 Å². The zero-order chi connectivity index (χ0) is 14.5. The Morgan fingerprint density at radius 2 is 2.10 bits per heavy atom. The maximum absolute atomic E-state index is 12.0. The predicted octanol–water partition coefficient (Wildman–Crippen LogP) is 2.64. The first kappa shape index (κ1) is 14.9. The second kappa shape index (κ2) is 6.75. The lowest BCUT2D eigenvalue weighted by atomic mass is 9.99. The zero-order valence-corrected chi connectivity index (χ0v) is 12.5. The molecule has 3 N–H and O–H groups in total. The van der Waals surface area contributed by atoms with Crippen molar-refractivity contribution in [1.82, 2.24) is 4.90 Å². The van der Waals surface area contributed by atoms with Crippen LogP contribution in [0.3, 0.4) is 0 Å². The summed E-state index contributed by atoms with van der Waals surface area (Å²) >= 11 is 0. The fraction of sp³-hybridized carbons (Fsp3) is 0.562. The number of amides is 1. The molecule has 2 rings (SSSR count). The van der Waals surface area contributed by atoms with Crippen LogP contribution in [-0.4, -0.2) is 30.4 Å². The van der Waals surface area contributed by atoms with Crippen molar-refractivity contribution >= 4 is 17.3 Å². The number of nitrogens with zero attached hydrogens (tertiary/aromatic N) is 1. The fourth-order valence-electron chi connectivity index (χ4n) is 2.53. The maximum atomic E-state index is 12.0. The predicted molar refractivity (Wildman–Crippen MR) is 83.7 cm³/mol. The van der Waals surface area contributed by atoms with Gasteiger partial charge in [0.1, 0.15) is 0 Å². The second-order valence-corrected chi connectivity index (χ2v) is 5.90. The Balaban J connectivity index is 1.79. The Bertz CT molecular complexity index is 465. The molecule has 1 aromatic rings. The van der Waals surface area contributed by atoms with Crippen molar-refractivity contribution in [3.8, 4) is 0 Å². The highest BCUT2D eigenvalue weighted by atomic mass is 16.1. The van der Waals surface area contributed by atoms with Gasteiger partial charge in [0, 0.05) is 24.3 Å². The molecule has 1 saturated heterocycles. The van der Waals surface area contributed by atoms with Gasteiger partial charge in [-0.3, -0.25) is 4.79 Å². The normalized spacial score (nSPS) is 17.1. The number of nitrogens with one attached hydrogen (secondary N) is 1. The number of anilines is 2. The zero-order valence-electron chi connectivity index (χ0n) is 12.5. The van der Waals surface area contributed by atoms with Gasteiger partial charge < -0.3 is 16.0 Å². The van der Waals surface area contributed by atoms with E-state index in [1.165, 1.54) is 12.8 Å². The van der Waals surface area contributed by atoms with E-state index in [1.807, 2.05) is 25.1 Å². The van der Waals surface area contributed by atoms with Crippen molar-refractivity contribution in [3.63, 3.8) is 0 Å². The summed E-state index contributed by atoms with van der Waals surface area (Å²) in [6, 6.07) is 5.59. The van der Waals surface area contributed by atoms with Crippen molar-refractivity contribution in [3.05, 3.63) is 23.8 Å². The van der Waals surface area contributed by atoms with Crippen LogP contribution >= 0.6 is 0 Å². The molecule has 4 nitrogen and oxygen atoms in total. The van der Waals surface area contributed by atoms with Gasteiger partial charge in [0.25, 0.3) is 0 Å². The molecule has 1 aliphatic rings. The van der Waals surface area contributed by atoms with Gasteiger partial charge in [-0.2, -0.15) is 0 Å². The first-order valence-corrected chi connectivity index (χ1v) is 7.43. The molecule has 0 bridgehead atoms. The number of aryl methyl sites for hydroxylation is 1. The van der Waals surface area contributed by atoms with Crippen LogP contribution in [0, 0.1) is 12.8 Å². The first-order valence-electron chi connectivity index (χ1n) is 7.43. The maximum Gasteiger partial charge on any atom is 0.225 e. The second-order valence-electron chi connectivity index (χ2n) is 5.90. The fourth-order valence-corrected chi connectivity index (χ4v) is 2.53. The molecule has 0 spiro atoms. The van der Waals surface area contributed by atoms with E-state index < -0.39 is 0 Å². The molecule has 0 radical (unpaired) electrons. The Morgan fingerprint density at radius 3 is 2.80 bits per heavy atom. The summed E-state index contributed by atoms with van der Waals surface area (Å²) in [6.45, 7) is 7.35. The van der Waals surface area contributed by atoms with Gasteiger partial charge >= 0.3 is 0 Å². The molecule has 0 atom stereocenters. The number of carbonyl (C=O) groups is 1. The molecule has 1 aromatic carbocycles. The SMILES string of the molecule is Cc1ccc(N)cc1NC(=O)CCN1CCC(C)CC1. The third-order valence-electron chi connectivity index (χ3n) is 4.07. The van der Waals surface area contributed by atoms with Crippen LogP contribution < -0.4 is 11.1 Å². The van der Waals surface area contributed by atoms with Gasteiger partial charge in [0.2, 0.25) is 5.91 Å². The lowest BCUT2D eigenvalue weighted by Crippen LogP contribution is -2.35. The highest BCUT2D eigenvalue weighted by Crippen LogP contribution is 2.19. The largest absolute Gasteiger partial charge is 0.399 e. The Labute approximate surface area is 121 Å². The molecule has 1 aliphatic heterocycles. The average molecular weight is 275 g/mol. The van der Waals surface area contributed by atoms with Gasteiger partial charge in [0.05, 0.1) is 0 Å². The van der Waals surface area contributed by atoms with Gasteiger partial charge in [-0.25, -0.2) is 0 Å². The molecule has 1 fully saturated rings. The topological polar surface area (TPSA) is 58.4 Å². The number of hydrogen-bond acceptors (Lipinski definition) is 3. The number of carbonyl (C=O) groups excluding carboxylic acids is 1. The highest BCUT2D eigenvalue weighted by Gasteiger charge is 2.16. The van der Waals surface area contributed by atoms with Gasteiger partial charge in [-0.1, -0.05) is 13.0 Å². The summed E-state index contributed by atoms with van der Waals surface area (Å²) in [5, 5.41) is 2.95. The molecule has 0 aromatic heterocycles. The number of likely N-dealkylation sites (tertiary alicyclic amines) is 1. The lowest BCUT2D eigenvalue weighted by Gasteiger charge is -2.29. The third kappa shape index (κ3) is 4.23.